The number of nitrogens with one attached hydrogen (secondary N) is 1. The molecule has 0 saturated carbocycles. The minimum absolute atomic E-state index is 0.0393. The number of hydrazone groups is 1. The van der Waals surface area contributed by atoms with E-state index in [2.05, 4.69) is 15.4 Å². The Bertz CT molecular complexity index is 1510. The van der Waals surface area contributed by atoms with Crippen molar-refractivity contribution < 1.29 is 35.2 Å². The molecule has 0 spiro atoms. The molecule has 0 saturated heterocycles. The Balaban J connectivity index is 1.48. The number of fused-ring (bicyclic) bond motifs is 1. The van der Waals surface area contributed by atoms with Gasteiger partial charge in [-0.15, -0.1) is 0 Å². The first-order chi connectivity index (χ1) is 17.3. The number of imidazole rings is 1. The normalized spacial score (nSPS) is 14.5. The fraction of sp³-hybridized carbons (Fsp3) is 0.286. The van der Waals surface area contributed by atoms with Gasteiger partial charge in [-0.3, -0.25) is 14.2 Å². The number of benzene rings is 1. The van der Waals surface area contributed by atoms with Crippen LogP contribution in [0.15, 0.2) is 35.6 Å². The molecule has 16 heteroatoms. The predicted molar refractivity (Wildman–Crippen MR) is 125 cm³/mol. The van der Waals surface area contributed by atoms with E-state index in [1.807, 2.05) is 0 Å². The molecule has 2 aromatic heterocycles. The first kappa shape index (κ1) is 26.6. The maximum absolute atomic E-state index is 14.8. The number of amides is 1. The lowest BCUT2D eigenvalue weighted by atomic mass is 10.1. The highest BCUT2D eigenvalue weighted by Gasteiger charge is 2.50. The van der Waals surface area contributed by atoms with Crippen molar-refractivity contribution in [3.8, 4) is 0 Å². The highest BCUT2D eigenvalue weighted by atomic mass is 35.5. The molecular weight excluding hydrogens is 547 g/mol. The van der Waals surface area contributed by atoms with Gasteiger partial charge in [0.25, 0.3) is 5.91 Å². The zero-order chi connectivity index (χ0) is 27.1. The lowest BCUT2D eigenvalue weighted by Gasteiger charge is -2.29. The number of rotatable bonds is 6. The van der Waals surface area contributed by atoms with Crippen LogP contribution >= 0.6 is 11.6 Å². The fourth-order valence-electron chi connectivity index (χ4n) is 3.64. The number of pyridine rings is 1. The predicted octanol–water partition coefficient (Wildman–Crippen LogP) is 3.67. The van der Waals surface area contributed by atoms with E-state index in [9.17, 15) is 35.2 Å². The van der Waals surface area contributed by atoms with E-state index >= 15 is 0 Å². The maximum atomic E-state index is 14.8. The third kappa shape index (κ3) is 5.05. The smallest absolute Gasteiger partial charge is 0.347 e. The standard InChI is InChI=1S/C21H18ClF5N6O3S/c1-2-16-19(32-10-13(22)14(23)8-18(32)30-16)20(34)28-9-12-3-4-17(15(24)7-12)33-6-5-31(11-29-33)37(35,36)21(25,26)27/h3-4,7-8,10-11H,2,5-6,9H2,1H3,(H,28,34). The van der Waals surface area contributed by atoms with Crippen molar-refractivity contribution in [1.29, 1.82) is 0 Å². The second-order valence-electron chi connectivity index (χ2n) is 7.84. The summed E-state index contributed by atoms with van der Waals surface area (Å²) in [4.78, 5) is 17.1. The van der Waals surface area contributed by atoms with E-state index in [0.717, 1.165) is 17.1 Å². The summed E-state index contributed by atoms with van der Waals surface area (Å²) in [6.45, 7) is 0.763. The first-order valence-electron chi connectivity index (χ1n) is 10.7. The Labute approximate surface area is 212 Å². The van der Waals surface area contributed by atoms with Crippen LogP contribution < -0.4 is 10.3 Å². The second-order valence-corrected chi connectivity index (χ2v) is 10.1. The quantitative estimate of drug-likeness (QED) is 0.461. The van der Waals surface area contributed by atoms with Crippen molar-refractivity contribution in [1.82, 2.24) is 19.0 Å². The van der Waals surface area contributed by atoms with Crippen LogP contribution in [0.25, 0.3) is 5.65 Å². The number of sulfonamides is 1. The number of nitrogens with zero attached hydrogens (tertiary/aromatic N) is 5. The van der Waals surface area contributed by atoms with Crippen LogP contribution in [0.5, 0.6) is 0 Å². The van der Waals surface area contributed by atoms with Crippen LogP contribution in [-0.2, 0) is 23.0 Å². The van der Waals surface area contributed by atoms with E-state index in [1.165, 1.54) is 22.7 Å². The molecule has 1 N–H and O–H groups in total. The van der Waals surface area contributed by atoms with Crippen LogP contribution in [-0.4, -0.2) is 53.0 Å². The average Bonchev–Trinajstić information content (AvgIpc) is 3.19. The highest BCUT2D eigenvalue weighted by molar-refractivity contribution is 7.90. The zero-order valence-electron chi connectivity index (χ0n) is 18.9. The van der Waals surface area contributed by atoms with Crippen molar-refractivity contribution in [2.24, 2.45) is 5.10 Å². The van der Waals surface area contributed by atoms with Gasteiger partial charge in [0.15, 0.2) is 0 Å². The van der Waals surface area contributed by atoms with Crippen LogP contribution in [0, 0.1) is 11.6 Å². The van der Waals surface area contributed by atoms with Gasteiger partial charge in [0.05, 0.1) is 29.5 Å². The van der Waals surface area contributed by atoms with Crippen molar-refractivity contribution in [2.75, 3.05) is 18.1 Å². The number of alkyl halides is 3. The average molecular weight is 565 g/mol. The Morgan fingerprint density at radius 1 is 1.16 bits per heavy atom. The van der Waals surface area contributed by atoms with Gasteiger partial charge in [0, 0.05) is 18.8 Å². The molecule has 9 nitrogen and oxygen atoms in total. The highest BCUT2D eigenvalue weighted by Crippen LogP contribution is 2.28. The Morgan fingerprint density at radius 3 is 2.49 bits per heavy atom. The van der Waals surface area contributed by atoms with Gasteiger partial charge >= 0.3 is 15.5 Å². The van der Waals surface area contributed by atoms with E-state index < -0.39 is 39.6 Å². The number of aryl methyl sites for hydroxylation is 1. The lowest BCUT2D eigenvalue weighted by Crippen LogP contribution is -2.46. The number of hydrogen-bond donors (Lipinski definition) is 1. The second kappa shape index (κ2) is 9.78. The molecule has 3 heterocycles. The SMILES string of the molecule is CCc1nc2cc(F)c(Cl)cn2c1C(=O)NCc1ccc(N2CCN(S(=O)(=O)C(F)(F)F)C=N2)c(F)c1. The molecule has 1 aliphatic heterocycles. The Hall–Kier alpha value is -3.46. The molecule has 0 fully saturated rings. The molecule has 0 radical (unpaired) electrons. The van der Waals surface area contributed by atoms with E-state index in [-0.39, 0.29) is 39.4 Å². The van der Waals surface area contributed by atoms with Gasteiger partial charge in [0.1, 0.15) is 29.3 Å². The van der Waals surface area contributed by atoms with Gasteiger partial charge in [-0.2, -0.15) is 26.7 Å². The fourth-order valence-corrected chi connectivity index (χ4v) is 4.54. The molecule has 1 aliphatic rings. The monoisotopic (exact) mass is 564 g/mol. The van der Waals surface area contributed by atoms with E-state index in [4.69, 9.17) is 11.6 Å². The molecule has 4 rings (SSSR count). The van der Waals surface area contributed by atoms with Gasteiger partial charge in [-0.25, -0.2) is 18.1 Å². The van der Waals surface area contributed by atoms with Crippen molar-refractivity contribution in [3.05, 3.63) is 64.1 Å². The van der Waals surface area contributed by atoms with Gasteiger partial charge in [-0.05, 0) is 24.1 Å². The molecule has 1 aromatic carbocycles. The van der Waals surface area contributed by atoms with Gasteiger partial charge < -0.3 is 5.32 Å². The molecule has 3 aromatic rings. The minimum Gasteiger partial charge on any atom is -0.347 e. The summed E-state index contributed by atoms with van der Waals surface area (Å²) in [6.07, 6.45) is 2.09. The number of hydrogen-bond acceptors (Lipinski definition) is 6. The first-order valence-corrected chi connectivity index (χ1v) is 12.5. The summed E-state index contributed by atoms with van der Waals surface area (Å²) in [6, 6.07) is 4.98. The Kier molecular flexibility index (Phi) is 7.03. The molecular formula is C21H18ClF5N6O3S. The number of carbonyl (C=O) groups is 1. The summed E-state index contributed by atoms with van der Waals surface area (Å²) < 4.78 is 91.0. The number of halogens is 6. The third-order valence-corrected chi connectivity index (χ3v) is 7.24. The van der Waals surface area contributed by atoms with Crippen LogP contribution in [0.4, 0.5) is 27.6 Å². The summed E-state index contributed by atoms with van der Waals surface area (Å²) in [5.74, 6) is -2.03. The van der Waals surface area contributed by atoms with Crippen molar-refractivity contribution in [2.45, 2.75) is 25.4 Å². The molecule has 198 valence electrons. The van der Waals surface area contributed by atoms with E-state index in [0.29, 0.717) is 24.0 Å². The van der Waals surface area contributed by atoms with Crippen LogP contribution in [0.3, 0.4) is 0 Å². The minimum atomic E-state index is -5.59. The number of aromatic nitrogens is 2. The van der Waals surface area contributed by atoms with Crippen molar-refractivity contribution >= 4 is 45.2 Å². The molecule has 37 heavy (non-hydrogen) atoms. The molecule has 1 amide bonds. The van der Waals surface area contributed by atoms with Crippen LogP contribution in [0.1, 0.15) is 28.7 Å². The molecule has 0 bridgehead atoms. The summed E-state index contributed by atoms with van der Waals surface area (Å²) in [5.41, 5.74) is -4.47. The molecule has 0 aliphatic carbocycles. The van der Waals surface area contributed by atoms with Gasteiger partial charge in [-0.1, -0.05) is 24.6 Å². The van der Waals surface area contributed by atoms with E-state index in [1.54, 1.807) is 6.92 Å². The topological polar surface area (TPSA) is 99.4 Å². The number of carbonyl (C=O) groups excluding carboxylic acids is 1. The maximum Gasteiger partial charge on any atom is 0.516 e. The summed E-state index contributed by atoms with van der Waals surface area (Å²) in [7, 11) is -5.59. The van der Waals surface area contributed by atoms with Crippen molar-refractivity contribution in [3.63, 3.8) is 0 Å². The Morgan fingerprint density at radius 2 is 1.89 bits per heavy atom. The molecule has 0 unspecified atom stereocenters. The largest absolute Gasteiger partial charge is 0.516 e. The third-order valence-electron chi connectivity index (χ3n) is 5.48. The molecule has 0 atom stereocenters. The summed E-state index contributed by atoms with van der Waals surface area (Å²) >= 11 is 5.84. The zero-order valence-corrected chi connectivity index (χ0v) is 20.5. The lowest BCUT2D eigenvalue weighted by molar-refractivity contribution is -0.0471. The van der Waals surface area contributed by atoms with Crippen LogP contribution in [0.2, 0.25) is 5.02 Å². The summed E-state index contributed by atoms with van der Waals surface area (Å²) in [5, 5.41) is 7.08. The number of anilines is 1. The van der Waals surface area contributed by atoms with Gasteiger partial charge in [0.2, 0.25) is 0 Å².